The third-order valence-electron chi connectivity index (χ3n) is 4.04. The molecule has 2 heterocycles. The van der Waals surface area contributed by atoms with E-state index in [1.165, 1.54) is 11.3 Å². The van der Waals surface area contributed by atoms with Gasteiger partial charge < -0.3 is 9.73 Å². The van der Waals surface area contributed by atoms with Gasteiger partial charge in [-0.3, -0.25) is 9.59 Å². The lowest BCUT2D eigenvalue weighted by molar-refractivity contribution is -0.116. The summed E-state index contributed by atoms with van der Waals surface area (Å²) >= 11 is 1.40. The molecule has 0 saturated carbocycles. The van der Waals surface area contributed by atoms with E-state index in [4.69, 9.17) is 4.42 Å². The molecule has 0 saturated heterocycles. The second kappa shape index (κ2) is 6.53. The van der Waals surface area contributed by atoms with E-state index < -0.39 is 0 Å². The molecule has 5 heteroatoms. The fourth-order valence-electron chi connectivity index (χ4n) is 2.81. The van der Waals surface area contributed by atoms with E-state index in [2.05, 4.69) is 5.32 Å². The first kappa shape index (κ1) is 15.6. The minimum absolute atomic E-state index is 0.00132. The van der Waals surface area contributed by atoms with E-state index in [0.717, 1.165) is 21.9 Å². The number of fused-ring (bicyclic) bond motifs is 3. The molecule has 0 aliphatic carbocycles. The quantitative estimate of drug-likeness (QED) is 0.501. The van der Waals surface area contributed by atoms with Gasteiger partial charge in [0.15, 0.2) is 5.78 Å². The van der Waals surface area contributed by atoms with Crippen LogP contribution < -0.4 is 5.32 Å². The summed E-state index contributed by atoms with van der Waals surface area (Å²) in [5, 5.41) is 6.70. The maximum Gasteiger partial charge on any atom is 0.224 e. The largest absolute Gasteiger partial charge is 0.456 e. The van der Waals surface area contributed by atoms with Gasteiger partial charge in [0.25, 0.3) is 0 Å². The molecule has 0 aliphatic rings. The zero-order valence-corrected chi connectivity index (χ0v) is 14.1. The van der Waals surface area contributed by atoms with Gasteiger partial charge in [0.1, 0.15) is 11.2 Å². The predicted octanol–water partition coefficient (Wildman–Crippen LogP) is 5.25. The van der Waals surface area contributed by atoms with Gasteiger partial charge in [-0.05, 0) is 35.7 Å². The van der Waals surface area contributed by atoms with Crippen molar-refractivity contribution in [2.45, 2.75) is 12.8 Å². The number of hydrogen-bond donors (Lipinski definition) is 1. The van der Waals surface area contributed by atoms with Gasteiger partial charge in [0.2, 0.25) is 5.91 Å². The predicted molar refractivity (Wildman–Crippen MR) is 100 cm³/mol. The average Bonchev–Trinajstić information content (AvgIpc) is 3.27. The van der Waals surface area contributed by atoms with Gasteiger partial charge >= 0.3 is 0 Å². The number of rotatable bonds is 5. The van der Waals surface area contributed by atoms with E-state index in [1.54, 1.807) is 6.07 Å². The lowest BCUT2D eigenvalue weighted by Gasteiger charge is -2.05. The molecule has 0 radical (unpaired) electrons. The first-order valence-electron chi connectivity index (χ1n) is 7.98. The topological polar surface area (TPSA) is 59.3 Å². The van der Waals surface area contributed by atoms with Crippen LogP contribution in [0.1, 0.15) is 22.5 Å². The maximum atomic E-state index is 12.1. The van der Waals surface area contributed by atoms with E-state index in [9.17, 15) is 9.59 Å². The summed E-state index contributed by atoms with van der Waals surface area (Å²) in [6.07, 6.45) is 0.379. The summed E-state index contributed by atoms with van der Waals surface area (Å²) in [5.74, 6) is -0.168. The Morgan fingerprint density at radius 1 is 0.920 bits per heavy atom. The number of benzene rings is 2. The van der Waals surface area contributed by atoms with Crippen molar-refractivity contribution in [1.82, 2.24) is 0 Å². The van der Waals surface area contributed by atoms with Gasteiger partial charge in [0.05, 0.1) is 4.88 Å². The second-order valence-electron chi connectivity index (χ2n) is 5.76. The van der Waals surface area contributed by atoms with Crippen LogP contribution in [-0.2, 0) is 4.79 Å². The number of nitrogens with one attached hydrogen (secondary N) is 1. The molecule has 1 N–H and O–H groups in total. The summed E-state index contributed by atoms with van der Waals surface area (Å²) in [6, 6.07) is 17.0. The number of Topliss-reactive ketones (excluding diaryl/α,β-unsaturated/α-hetero) is 1. The fourth-order valence-corrected chi connectivity index (χ4v) is 3.51. The average molecular weight is 349 g/mol. The molecule has 0 bridgehead atoms. The van der Waals surface area contributed by atoms with Crippen molar-refractivity contribution < 1.29 is 14.0 Å². The molecule has 0 unspecified atom stereocenters. The lowest BCUT2D eigenvalue weighted by Crippen LogP contribution is -2.13. The second-order valence-corrected chi connectivity index (χ2v) is 6.71. The van der Waals surface area contributed by atoms with Crippen molar-refractivity contribution in [3.63, 3.8) is 0 Å². The molecular formula is C20H15NO3S. The van der Waals surface area contributed by atoms with Crippen molar-refractivity contribution in [2.75, 3.05) is 5.32 Å². The van der Waals surface area contributed by atoms with Crippen molar-refractivity contribution >= 4 is 50.7 Å². The zero-order valence-electron chi connectivity index (χ0n) is 13.3. The molecule has 124 valence electrons. The molecule has 25 heavy (non-hydrogen) atoms. The molecule has 0 aliphatic heterocycles. The van der Waals surface area contributed by atoms with Crippen LogP contribution >= 0.6 is 11.3 Å². The lowest BCUT2D eigenvalue weighted by atomic mass is 10.1. The summed E-state index contributed by atoms with van der Waals surface area (Å²) in [4.78, 5) is 24.8. The summed E-state index contributed by atoms with van der Waals surface area (Å²) in [6.45, 7) is 0. The van der Waals surface area contributed by atoms with Crippen LogP contribution in [0.5, 0.6) is 0 Å². The third kappa shape index (κ3) is 3.19. The molecule has 2 aromatic carbocycles. The number of hydrogen-bond acceptors (Lipinski definition) is 4. The highest BCUT2D eigenvalue weighted by atomic mass is 32.1. The Morgan fingerprint density at radius 2 is 1.76 bits per heavy atom. The van der Waals surface area contributed by atoms with Crippen molar-refractivity contribution in [1.29, 1.82) is 0 Å². The number of carbonyl (C=O) groups is 2. The highest BCUT2D eigenvalue weighted by molar-refractivity contribution is 7.12. The molecule has 0 atom stereocenters. The molecule has 2 aromatic heterocycles. The number of thiophene rings is 1. The SMILES string of the molecule is O=C(CCC(=O)c1cccs1)Nc1ccc2oc3ccccc3c2c1. The molecule has 1 amide bonds. The minimum atomic E-state index is -0.169. The van der Waals surface area contributed by atoms with Crippen molar-refractivity contribution in [2.24, 2.45) is 0 Å². The van der Waals surface area contributed by atoms with E-state index in [1.807, 2.05) is 53.9 Å². The Bertz CT molecular complexity index is 1060. The van der Waals surface area contributed by atoms with Crippen molar-refractivity contribution in [3.05, 3.63) is 64.9 Å². The number of amides is 1. The first-order valence-corrected chi connectivity index (χ1v) is 8.86. The summed E-state index contributed by atoms with van der Waals surface area (Å²) in [7, 11) is 0. The Hall–Kier alpha value is -2.92. The molecule has 0 fully saturated rings. The van der Waals surface area contributed by atoms with E-state index in [-0.39, 0.29) is 24.5 Å². The van der Waals surface area contributed by atoms with Gasteiger partial charge in [0, 0.05) is 29.3 Å². The standard InChI is InChI=1S/C20H15NO3S/c22-16(19-6-3-11-25-19)8-10-20(23)21-13-7-9-18-15(12-13)14-4-1-2-5-17(14)24-18/h1-7,9,11-12H,8,10H2,(H,21,23). The number of para-hydroxylation sites is 1. The normalized spacial score (nSPS) is 11.0. The minimum Gasteiger partial charge on any atom is -0.456 e. The number of furan rings is 1. The third-order valence-corrected chi connectivity index (χ3v) is 4.95. The Kier molecular flexibility index (Phi) is 4.07. The first-order chi connectivity index (χ1) is 12.2. The zero-order chi connectivity index (χ0) is 17.2. The van der Waals surface area contributed by atoms with Crippen LogP contribution in [0.3, 0.4) is 0 Å². The van der Waals surface area contributed by atoms with Gasteiger partial charge in [-0.25, -0.2) is 0 Å². The Balaban J connectivity index is 1.47. The number of anilines is 1. The molecule has 4 aromatic rings. The maximum absolute atomic E-state index is 12.1. The van der Waals surface area contributed by atoms with Crippen LogP contribution in [0.2, 0.25) is 0 Å². The van der Waals surface area contributed by atoms with Crippen LogP contribution in [-0.4, -0.2) is 11.7 Å². The van der Waals surface area contributed by atoms with Gasteiger partial charge in [-0.15, -0.1) is 11.3 Å². The smallest absolute Gasteiger partial charge is 0.224 e. The molecule has 4 rings (SSSR count). The molecule has 0 spiro atoms. The van der Waals surface area contributed by atoms with E-state index >= 15 is 0 Å². The Morgan fingerprint density at radius 3 is 2.60 bits per heavy atom. The highest BCUT2D eigenvalue weighted by Gasteiger charge is 2.12. The monoisotopic (exact) mass is 349 g/mol. The van der Waals surface area contributed by atoms with Crippen molar-refractivity contribution in [3.8, 4) is 0 Å². The number of ketones is 1. The molecule has 4 nitrogen and oxygen atoms in total. The van der Waals surface area contributed by atoms with Gasteiger partial charge in [-0.1, -0.05) is 24.3 Å². The van der Waals surface area contributed by atoms with Crippen LogP contribution in [0.15, 0.2) is 64.4 Å². The van der Waals surface area contributed by atoms with Crippen LogP contribution in [0.4, 0.5) is 5.69 Å². The molecular weight excluding hydrogens is 334 g/mol. The van der Waals surface area contributed by atoms with Crippen LogP contribution in [0.25, 0.3) is 21.9 Å². The summed E-state index contributed by atoms with van der Waals surface area (Å²) in [5.41, 5.74) is 2.31. The number of carbonyl (C=O) groups excluding carboxylic acids is 2. The Labute approximate surface area is 148 Å². The fraction of sp³-hybridized carbons (Fsp3) is 0.100. The van der Waals surface area contributed by atoms with E-state index in [0.29, 0.717) is 10.6 Å². The summed E-state index contributed by atoms with van der Waals surface area (Å²) < 4.78 is 5.78. The highest BCUT2D eigenvalue weighted by Crippen LogP contribution is 2.30. The van der Waals surface area contributed by atoms with Gasteiger partial charge in [-0.2, -0.15) is 0 Å². The van der Waals surface area contributed by atoms with Crippen LogP contribution in [0, 0.1) is 0 Å².